The topological polar surface area (TPSA) is 63.4 Å². The molecule has 118 valence electrons. The molecule has 0 radical (unpaired) electrons. The summed E-state index contributed by atoms with van der Waals surface area (Å²) >= 11 is 5.86. The SMILES string of the molecule is O=C(c1ccccc1[N+](=O)[O-])N1CCCc2cc(Cl)cc(F)c21. The molecule has 1 aliphatic rings. The highest BCUT2D eigenvalue weighted by Gasteiger charge is 2.30. The van der Waals surface area contributed by atoms with Gasteiger partial charge in [-0.1, -0.05) is 23.7 Å². The first-order valence-corrected chi connectivity index (χ1v) is 7.40. The highest BCUT2D eigenvalue weighted by Crippen LogP contribution is 2.34. The largest absolute Gasteiger partial charge is 0.305 e. The Morgan fingerprint density at radius 1 is 1.30 bits per heavy atom. The Kier molecular flexibility index (Phi) is 4.00. The van der Waals surface area contributed by atoms with Crippen molar-refractivity contribution < 1.29 is 14.1 Å². The molecule has 2 aromatic rings. The fourth-order valence-electron chi connectivity index (χ4n) is 2.81. The van der Waals surface area contributed by atoms with E-state index in [1.165, 1.54) is 23.1 Å². The zero-order chi connectivity index (χ0) is 16.6. The monoisotopic (exact) mass is 334 g/mol. The fourth-order valence-corrected chi connectivity index (χ4v) is 3.04. The molecule has 0 saturated heterocycles. The molecule has 3 rings (SSSR count). The van der Waals surface area contributed by atoms with Gasteiger partial charge in [-0.2, -0.15) is 0 Å². The number of fused-ring (bicyclic) bond motifs is 1. The van der Waals surface area contributed by atoms with Gasteiger partial charge in [0.05, 0.1) is 10.6 Å². The van der Waals surface area contributed by atoms with Crippen molar-refractivity contribution in [2.45, 2.75) is 12.8 Å². The second-order valence-electron chi connectivity index (χ2n) is 5.23. The van der Waals surface area contributed by atoms with Crippen molar-refractivity contribution in [1.82, 2.24) is 0 Å². The maximum absolute atomic E-state index is 14.3. The summed E-state index contributed by atoms with van der Waals surface area (Å²) in [6, 6.07) is 8.44. The maximum Gasteiger partial charge on any atom is 0.282 e. The lowest BCUT2D eigenvalue weighted by Crippen LogP contribution is -2.36. The number of nitro groups is 1. The van der Waals surface area contributed by atoms with Gasteiger partial charge in [-0.05, 0) is 36.6 Å². The summed E-state index contributed by atoms with van der Waals surface area (Å²) in [5.74, 6) is -1.18. The van der Waals surface area contributed by atoms with Crippen LogP contribution in [0, 0.1) is 15.9 Å². The lowest BCUT2D eigenvalue weighted by molar-refractivity contribution is -0.385. The molecule has 5 nitrogen and oxygen atoms in total. The number of benzene rings is 2. The average Bonchev–Trinajstić information content (AvgIpc) is 2.53. The number of halogens is 2. The molecule has 7 heteroatoms. The van der Waals surface area contributed by atoms with Crippen LogP contribution in [0.5, 0.6) is 0 Å². The number of amides is 1. The van der Waals surface area contributed by atoms with Crippen LogP contribution in [0.25, 0.3) is 0 Å². The van der Waals surface area contributed by atoms with Crippen LogP contribution in [0.15, 0.2) is 36.4 Å². The molecule has 0 unspecified atom stereocenters. The van der Waals surface area contributed by atoms with E-state index in [0.717, 1.165) is 6.07 Å². The zero-order valence-corrected chi connectivity index (χ0v) is 12.7. The molecule has 0 fully saturated rings. The standard InChI is InChI=1S/C16H12ClFN2O3/c17-11-8-10-4-3-7-19(15(10)13(18)9-11)16(21)12-5-1-2-6-14(12)20(22)23/h1-2,5-6,8-9H,3-4,7H2. The molecule has 0 aromatic heterocycles. The first-order valence-electron chi connectivity index (χ1n) is 7.02. The van der Waals surface area contributed by atoms with Gasteiger partial charge in [0.15, 0.2) is 0 Å². The predicted molar refractivity (Wildman–Crippen MR) is 84.5 cm³/mol. The van der Waals surface area contributed by atoms with Crippen molar-refractivity contribution in [1.29, 1.82) is 0 Å². The van der Waals surface area contributed by atoms with E-state index >= 15 is 0 Å². The van der Waals surface area contributed by atoms with Crippen molar-refractivity contribution >= 4 is 28.9 Å². The number of hydrogen-bond acceptors (Lipinski definition) is 3. The van der Waals surface area contributed by atoms with Crippen LogP contribution >= 0.6 is 11.6 Å². The van der Waals surface area contributed by atoms with Gasteiger partial charge < -0.3 is 4.90 Å². The van der Waals surface area contributed by atoms with Crippen LogP contribution in [-0.4, -0.2) is 17.4 Å². The zero-order valence-electron chi connectivity index (χ0n) is 12.0. The molecule has 0 atom stereocenters. The lowest BCUT2D eigenvalue weighted by atomic mass is 10.00. The minimum absolute atomic E-state index is 0.0558. The summed E-state index contributed by atoms with van der Waals surface area (Å²) in [6.07, 6.45) is 1.24. The first-order chi connectivity index (χ1) is 11.0. The molecule has 1 heterocycles. The third-order valence-electron chi connectivity index (χ3n) is 3.78. The molecule has 2 aromatic carbocycles. The molecule has 0 aliphatic carbocycles. The molecular formula is C16H12ClFN2O3. The minimum atomic E-state index is -0.615. The van der Waals surface area contributed by atoms with Gasteiger partial charge in [0.1, 0.15) is 11.4 Å². The number of para-hydroxylation sites is 1. The number of nitrogens with zero attached hydrogens (tertiary/aromatic N) is 2. The normalized spacial score (nSPS) is 13.6. The fraction of sp³-hybridized carbons (Fsp3) is 0.188. The van der Waals surface area contributed by atoms with Crippen molar-refractivity contribution in [2.24, 2.45) is 0 Å². The molecule has 0 bridgehead atoms. The van der Waals surface area contributed by atoms with E-state index in [-0.39, 0.29) is 22.0 Å². The van der Waals surface area contributed by atoms with E-state index in [1.807, 2.05) is 0 Å². The molecule has 1 aliphatic heterocycles. The van der Waals surface area contributed by atoms with Gasteiger partial charge >= 0.3 is 0 Å². The van der Waals surface area contributed by atoms with Crippen LogP contribution < -0.4 is 4.90 Å². The summed E-state index contributed by atoms with van der Waals surface area (Å²) in [5.41, 5.74) is 0.440. The third kappa shape index (κ3) is 2.77. The third-order valence-corrected chi connectivity index (χ3v) is 4.00. The molecule has 0 N–H and O–H groups in total. The number of anilines is 1. The van der Waals surface area contributed by atoms with Crippen LogP contribution in [-0.2, 0) is 6.42 Å². The van der Waals surface area contributed by atoms with E-state index in [0.29, 0.717) is 24.9 Å². The Morgan fingerprint density at radius 2 is 2.04 bits per heavy atom. The summed E-state index contributed by atoms with van der Waals surface area (Å²) in [4.78, 5) is 24.5. The van der Waals surface area contributed by atoms with Crippen LogP contribution in [0.3, 0.4) is 0 Å². The Hall–Kier alpha value is -2.47. The van der Waals surface area contributed by atoms with E-state index in [2.05, 4.69) is 0 Å². The molecule has 1 amide bonds. The van der Waals surface area contributed by atoms with E-state index < -0.39 is 16.6 Å². The smallest absolute Gasteiger partial charge is 0.282 e. The summed E-state index contributed by atoms with van der Waals surface area (Å²) in [5, 5.41) is 11.4. The second kappa shape index (κ2) is 5.96. The molecule has 0 spiro atoms. The van der Waals surface area contributed by atoms with Gasteiger partial charge in [0.2, 0.25) is 0 Å². The Bertz CT molecular complexity index is 810. The van der Waals surface area contributed by atoms with Crippen molar-refractivity contribution in [3.05, 3.63) is 68.5 Å². The number of aryl methyl sites for hydroxylation is 1. The number of nitro benzene ring substituents is 1. The Morgan fingerprint density at radius 3 is 2.78 bits per heavy atom. The highest BCUT2D eigenvalue weighted by molar-refractivity contribution is 6.30. The van der Waals surface area contributed by atoms with Gasteiger partial charge in [0.25, 0.3) is 11.6 Å². The number of carbonyl (C=O) groups excluding carboxylic acids is 1. The highest BCUT2D eigenvalue weighted by atomic mass is 35.5. The van der Waals surface area contributed by atoms with Gasteiger partial charge in [0, 0.05) is 17.6 Å². The molecule has 23 heavy (non-hydrogen) atoms. The predicted octanol–water partition coefficient (Wildman–Crippen LogP) is 3.98. The second-order valence-corrected chi connectivity index (χ2v) is 5.67. The van der Waals surface area contributed by atoms with Crippen LogP contribution in [0.2, 0.25) is 5.02 Å². The van der Waals surface area contributed by atoms with Gasteiger partial charge in [-0.25, -0.2) is 4.39 Å². The number of rotatable bonds is 2. The molecular weight excluding hydrogens is 323 g/mol. The van der Waals surface area contributed by atoms with Gasteiger partial charge in [-0.3, -0.25) is 14.9 Å². The quantitative estimate of drug-likeness (QED) is 0.616. The summed E-state index contributed by atoms with van der Waals surface area (Å²) in [7, 11) is 0. The van der Waals surface area contributed by atoms with Crippen LogP contribution in [0.1, 0.15) is 22.3 Å². The Balaban J connectivity index is 2.08. The van der Waals surface area contributed by atoms with Crippen molar-refractivity contribution in [3.63, 3.8) is 0 Å². The average molecular weight is 335 g/mol. The molecule has 0 saturated carbocycles. The van der Waals surface area contributed by atoms with Crippen LogP contribution in [0.4, 0.5) is 15.8 Å². The van der Waals surface area contributed by atoms with E-state index in [1.54, 1.807) is 12.1 Å². The minimum Gasteiger partial charge on any atom is -0.305 e. The Labute approximate surface area is 136 Å². The number of carbonyl (C=O) groups is 1. The maximum atomic E-state index is 14.3. The van der Waals surface area contributed by atoms with Gasteiger partial charge in [-0.15, -0.1) is 0 Å². The van der Waals surface area contributed by atoms with E-state index in [9.17, 15) is 19.3 Å². The summed E-state index contributed by atoms with van der Waals surface area (Å²) in [6.45, 7) is 0.302. The van der Waals surface area contributed by atoms with Crippen molar-refractivity contribution in [2.75, 3.05) is 11.4 Å². The first kappa shape index (κ1) is 15.4. The number of hydrogen-bond donors (Lipinski definition) is 0. The lowest BCUT2D eigenvalue weighted by Gasteiger charge is -2.30. The van der Waals surface area contributed by atoms with E-state index in [4.69, 9.17) is 11.6 Å². The van der Waals surface area contributed by atoms with Crippen molar-refractivity contribution in [3.8, 4) is 0 Å². The summed E-state index contributed by atoms with van der Waals surface area (Å²) < 4.78 is 14.3.